The van der Waals surface area contributed by atoms with Crippen molar-refractivity contribution in [2.24, 2.45) is 11.8 Å². The molecule has 0 aromatic carbocycles. The Morgan fingerprint density at radius 3 is 2.42 bits per heavy atom. The molecule has 2 heteroatoms. The van der Waals surface area contributed by atoms with E-state index < -0.39 is 0 Å². The zero-order valence-electron chi connectivity index (χ0n) is 12.4. The lowest BCUT2D eigenvalue weighted by molar-refractivity contribution is 0.0734. The van der Waals surface area contributed by atoms with Gasteiger partial charge in [0.05, 0.1) is 6.10 Å². The molecule has 1 heterocycles. The van der Waals surface area contributed by atoms with Crippen LogP contribution in [0.5, 0.6) is 0 Å². The van der Waals surface area contributed by atoms with Crippen LogP contribution in [0.3, 0.4) is 0 Å². The van der Waals surface area contributed by atoms with Crippen LogP contribution < -0.4 is 0 Å². The van der Waals surface area contributed by atoms with Gasteiger partial charge in [-0.05, 0) is 43.2 Å². The van der Waals surface area contributed by atoms with Crippen molar-refractivity contribution in [1.29, 1.82) is 0 Å². The quantitative estimate of drug-likeness (QED) is 0.792. The third kappa shape index (κ3) is 4.32. The van der Waals surface area contributed by atoms with Gasteiger partial charge in [-0.25, -0.2) is 0 Å². The van der Waals surface area contributed by atoms with E-state index in [2.05, 4.69) is 26.0 Å². The van der Waals surface area contributed by atoms with Gasteiger partial charge in [0.25, 0.3) is 0 Å². The van der Waals surface area contributed by atoms with Crippen LogP contribution in [0.1, 0.15) is 62.1 Å². The number of aliphatic hydroxyl groups is 1. The first-order valence-electron chi connectivity index (χ1n) is 7.98. The maximum atomic E-state index is 10.4. The van der Waals surface area contributed by atoms with Crippen molar-refractivity contribution < 1.29 is 5.11 Å². The first-order chi connectivity index (χ1) is 9.22. The number of aliphatic hydroxyl groups excluding tert-OH is 1. The molecular weight excluding hydrogens is 252 g/mol. The Balaban J connectivity index is 1.79. The van der Waals surface area contributed by atoms with E-state index in [1.807, 2.05) is 11.3 Å². The number of rotatable bonds is 6. The molecule has 0 radical (unpaired) electrons. The van der Waals surface area contributed by atoms with E-state index in [1.54, 1.807) is 0 Å². The summed E-state index contributed by atoms with van der Waals surface area (Å²) in [6.07, 6.45) is 9.69. The molecule has 1 nitrogen and oxygen atoms in total. The van der Waals surface area contributed by atoms with E-state index in [9.17, 15) is 5.11 Å². The standard InChI is InChI=1S/C17H28OS/c1-3-5-13-6-8-14(9-7-13)17(18)12-16-11-10-15(4-2)19-16/h10-11,13-14,17-18H,3-9,12H2,1-2H3. The zero-order chi connectivity index (χ0) is 13.7. The average Bonchev–Trinajstić information content (AvgIpc) is 2.87. The largest absolute Gasteiger partial charge is 0.392 e. The van der Waals surface area contributed by atoms with Gasteiger partial charge in [0.15, 0.2) is 0 Å². The van der Waals surface area contributed by atoms with Crippen molar-refractivity contribution in [1.82, 2.24) is 0 Å². The molecule has 0 bridgehead atoms. The lowest BCUT2D eigenvalue weighted by Crippen LogP contribution is -2.27. The van der Waals surface area contributed by atoms with Crippen molar-refractivity contribution in [3.05, 3.63) is 21.9 Å². The van der Waals surface area contributed by atoms with Crippen LogP contribution in [0.15, 0.2) is 12.1 Å². The Labute approximate surface area is 122 Å². The Morgan fingerprint density at radius 1 is 1.16 bits per heavy atom. The Kier molecular flexibility index (Phi) is 5.90. The predicted molar refractivity (Wildman–Crippen MR) is 83.8 cm³/mol. The minimum Gasteiger partial charge on any atom is -0.392 e. The molecule has 0 aliphatic heterocycles. The van der Waals surface area contributed by atoms with E-state index in [0.717, 1.165) is 18.8 Å². The van der Waals surface area contributed by atoms with Crippen LogP contribution >= 0.6 is 11.3 Å². The molecule has 0 saturated heterocycles. The Hall–Kier alpha value is -0.340. The maximum Gasteiger partial charge on any atom is 0.0616 e. The van der Waals surface area contributed by atoms with Gasteiger partial charge < -0.3 is 5.11 Å². The summed E-state index contributed by atoms with van der Waals surface area (Å²) in [5.74, 6) is 1.47. The van der Waals surface area contributed by atoms with E-state index >= 15 is 0 Å². The molecule has 0 spiro atoms. The summed E-state index contributed by atoms with van der Waals surface area (Å²) < 4.78 is 0. The summed E-state index contributed by atoms with van der Waals surface area (Å²) in [6.45, 7) is 4.48. The first kappa shape index (κ1) is 15.1. The van der Waals surface area contributed by atoms with Gasteiger partial charge in [-0.1, -0.05) is 39.5 Å². The van der Waals surface area contributed by atoms with E-state index in [4.69, 9.17) is 0 Å². The highest BCUT2D eigenvalue weighted by atomic mass is 32.1. The van der Waals surface area contributed by atoms with Crippen molar-refractivity contribution in [2.75, 3.05) is 0 Å². The monoisotopic (exact) mass is 280 g/mol. The van der Waals surface area contributed by atoms with Crippen LogP contribution in [0.4, 0.5) is 0 Å². The summed E-state index contributed by atoms with van der Waals surface area (Å²) in [4.78, 5) is 2.80. The minimum absolute atomic E-state index is 0.120. The molecule has 1 aliphatic rings. The van der Waals surface area contributed by atoms with Crippen molar-refractivity contribution >= 4 is 11.3 Å². The van der Waals surface area contributed by atoms with Crippen LogP contribution in [0.25, 0.3) is 0 Å². The molecule has 1 aromatic heterocycles. The SMILES string of the molecule is CCCC1CCC(C(O)Cc2ccc(CC)s2)CC1. The maximum absolute atomic E-state index is 10.4. The fraction of sp³-hybridized carbons (Fsp3) is 0.765. The third-order valence-electron chi connectivity index (χ3n) is 4.61. The predicted octanol–water partition coefficient (Wildman–Crippen LogP) is 4.82. The van der Waals surface area contributed by atoms with Gasteiger partial charge in [0.1, 0.15) is 0 Å². The van der Waals surface area contributed by atoms with Crippen LogP contribution in [-0.4, -0.2) is 11.2 Å². The smallest absolute Gasteiger partial charge is 0.0616 e. The van der Waals surface area contributed by atoms with Gasteiger partial charge in [-0.15, -0.1) is 11.3 Å². The normalized spacial score (nSPS) is 25.4. The molecule has 2 rings (SSSR count). The molecular formula is C17H28OS. The second kappa shape index (κ2) is 7.44. The van der Waals surface area contributed by atoms with E-state index in [0.29, 0.717) is 5.92 Å². The second-order valence-corrected chi connectivity index (χ2v) is 7.32. The second-order valence-electron chi connectivity index (χ2n) is 6.06. The summed E-state index contributed by atoms with van der Waals surface area (Å²) in [7, 11) is 0. The van der Waals surface area contributed by atoms with Gasteiger partial charge in [-0.3, -0.25) is 0 Å². The van der Waals surface area contributed by atoms with Crippen molar-refractivity contribution in [3.63, 3.8) is 0 Å². The van der Waals surface area contributed by atoms with Crippen LogP contribution in [0, 0.1) is 11.8 Å². The molecule has 108 valence electrons. The lowest BCUT2D eigenvalue weighted by Gasteiger charge is -2.31. The molecule has 1 saturated carbocycles. The molecule has 1 aromatic rings. The number of thiophene rings is 1. The summed E-state index contributed by atoms with van der Waals surface area (Å²) >= 11 is 1.87. The molecule has 0 amide bonds. The zero-order valence-corrected chi connectivity index (χ0v) is 13.2. The van der Waals surface area contributed by atoms with Crippen LogP contribution in [-0.2, 0) is 12.8 Å². The fourth-order valence-corrected chi connectivity index (χ4v) is 4.37. The number of aryl methyl sites for hydroxylation is 1. The number of hydrogen-bond donors (Lipinski definition) is 1. The Morgan fingerprint density at radius 2 is 1.84 bits per heavy atom. The molecule has 1 atom stereocenters. The first-order valence-corrected chi connectivity index (χ1v) is 8.80. The molecule has 1 fully saturated rings. The number of hydrogen-bond acceptors (Lipinski definition) is 2. The topological polar surface area (TPSA) is 20.2 Å². The van der Waals surface area contributed by atoms with Crippen molar-refractivity contribution in [2.45, 2.75) is 71.3 Å². The summed E-state index contributed by atoms with van der Waals surface area (Å²) in [5, 5.41) is 10.4. The van der Waals surface area contributed by atoms with E-state index in [-0.39, 0.29) is 6.10 Å². The summed E-state index contributed by atoms with van der Waals surface area (Å²) in [6, 6.07) is 4.42. The third-order valence-corrected chi connectivity index (χ3v) is 5.86. The van der Waals surface area contributed by atoms with E-state index in [1.165, 1.54) is 48.3 Å². The van der Waals surface area contributed by atoms with Gasteiger partial charge in [0, 0.05) is 16.2 Å². The van der Waals surface area contributed by atoms with Crippen LogP contribution in [0.2, 0.25) is 0 Å². The van der Waals surface area contributed by atoms with Gasteiger partial charge in [0.2, 0.25) is 0 Å². The molecule has 1 aliphatic carbocycles. The fourth-order valence-electron chi connectivity index (χ4n) is 3.36. The molecule has 1 unspecified atom stereocenters. The average molecular weight is 280 g/mol. The van der Waals surface area contributed by atoms with Crippen molar-refractivity contribution in [3.8, 4) is 0 Å². The highest BCUT2D eigenvalue weighted by Gasteiger charge is 2.26. The minimum atomic E-state index is -0.120. The lowest BCUT2D eigenvalue weighted by atomic mass is 9.77. The van der Waals surface area contributed by atoms with Gasteiger partial charge in [-0.2, -0.15) is 0 Å². The Bertz CT molecular complexity index is 363. The highest BCUT2D eigenvalue weighted by Crippen LogP contribution is 2.34. The van der Waals surface area contributed by atoms with Gasteiger partial charge >= 0.3 is 0 Å². The molecule has 1 N–H and O–H groups in total. The highest BCUT2D eigenvalue weighted by molar-refractivity contribution is 7.11. The summed E-state index contributed by atoms with van der Waals surface area (Å²) in [5.41, 5.74) is 0. The molecule has 19 heavy (non-hydrogen) atoms.